The Morgan fingerprint density at radius 1 is 1.26 bits per heavy atom. The van der Waals surface area contributed by atoms with Crippen molar-refractivity contribution in [1.29, 1.82) is 0 Å². The van der Waals surface area contributed by atoms with Gasteiger partial charge in [0.15, 0.2) is 11.8 Å². The first-order valence-electron chi connectivity index (χ1n) is 9.96. The summed E-state index contributed by atoms with van der Waals surface area (Å²) in [6, 6.07) is 8.65. The van der Waals surface area contributed by atoms with Crippen LogP contribution < -0.4 is 15.5 Å². The second kappa shape index (κ2) is 9.39. The maximum atomic E-state index is 4.70. The first kappa shape index (κ1) is 19.2. The molecule has 0 saturated heterocycles. The quantitative estimate of drug-likeness (QED) is 0.551. The number of hydrogen-bond acceptors (Lipinski definition) is 4. The number of anilines is 1. The molecule has 2 heterocycles. The van der Waals surface area contributed by atoms with Crippen LogP contribution >= 0.6 is 0 Å². The summed E-state index contributed by atoms with van der Waals surface area (Å²) in [5.41, 5.74) is 2.55. The summed E-state index contributed by atoms with van der Waals surface area (Å²) in [5.74, 6) is 2.87. The third-order valence-corrected chi connectivity index (χ3v) is 4.83. The van der Waals surface area contributed by atoms with E-state index in [1.807, 2.05) is 0 Å². The van der Waals surface area contributed by atoms with Crippen LogP contribution in [0, 0.1) is 6.92 Å². The third kappa shape index (κ3) is 4.99. The molecule has 0 radical (unpaired) electrons. The smallest absolute Gasteiger partial charge is 0.191 e. The van der Waals surface area contributed by atoms with Gasteiger partial charge in [-0.05, 0) is 44.9 Å². The van der Waals surface area contributed by atoms with E-state index in [4.69, 9.17) is 4.99 Å². The van der Waals surface area contributed by atoms with Crippen molar-refractivity contribution >= 4 is 11.6 Å². The zero-order valence-electron chi connectivity index (χ0n) is 16.7. The highest BCUT2D eigenvalue weighted by molar-refractivity contribution is 5.79. The molecule has 0 spiro atoms. The Hall–Kier alpha value is -2.57. The number of nitrogens with zero attached hydrogens (tertiary/aromatic N) is 5. The number of aromatic nitrogens is 3. The van der Waals surface area contributed by atoms with Gasteiger partial charge in [-0.15, -0.1) is 10.2 Å². The van der Waals surface area contributed by atoms with Crippen molar-refractivity contribution in [2.24, 2.45) is 4.99 Å². The lowest BCUT2D eigenvalue weighted by Crippen LogP contribution is -2.41. The van der Waals surface area contributed by atoms with Crippen LogP contribution in [-0.2, 0) is 19.5 Å². The van der Waals surface area contributed by atoms with Gasteiger partial charge < -0.3 is 20.1 Å². The van der Waals surface area contributed by atoms with Crippen LogP contribution in [-0.4, -0.2) is 46.9 Å². The fourth-order valence-electron chi connectivity index (χ4n) is 3.42. The number of fused-ring (bicyclic) bond motifs is 1. The average molecular weight is 370 g/mol. The molecule has 0 fully saturated rings. The van der Waals surface area contributed by atoms with Crippen LogP contribution in [0.25, 0.3) is 0 Å². The Kier molecular flexibility index (Phi) is 6.68. The number of likely N-dealkylation sites (N-methyl/N-ethyl adjacent to an activating group) is 1. The lowest BCUT2D eigenvalue weighted by Gasteiger charge is -2.24. The number of benzene rings is 1. The Bertz CT molecular complexity index is 765. The van der Waals surface area contributed by atoms with Crippen molar-refractivity contribution in [1.82, 2.24) is 25.4 Å². The van der Waals surface area contributed by atoms with Gasteiger partial charge in [-0.3, -0.25) is 0 Å². The molecule has 2 aromatic rings. The number of aryl methyl sites for hydroxylation is 2. The van der Waals surface area contributed by atoms with Gasteiger partial charge in [0.05, 0.1) is 0 Å². The average Bonchev–Trinajstić information content (AvgIpc) is 3.27. The van der Waals surface area contributed by atoms with Crippen molar-refractivity contribution in [2.75, 3.05) is 31.1 Å². The fourth-order valence-corrected chi connectivity index (χ4v) is 3.42. The zero-order chi connectivity index (χ0) is 19.1. The van der Waals surface area contributed by atoms with Gasteiger partial charge in [0.2, 0.25) is 0 Å². The molecule has 7 heteroatoms. The predicted molar refractivity (Wildman–Crippen MR) is 110 cm³/mol. The molecule has 27 heavy (non-hydrogen) atoms. The number of aliphatic imine (C=N–C) groups is 1. The molecular weight excluding hydrogens is 338 g/mol. The third-order valence-electron chi connectivity index (χ3n) is 4.83. The molecule has 0 unspecified atom stereocenters. The van der Waals surface area contributed by atoms with Gasteiger partial charge in [-0.2, -0.15) is 0 Å². The van der Waals surface area contributed by atoms with Gasteiger partial charge in [0.1, 0.15) is 12.4 Å². The maximum Gasteiger partial charge on any atom is 0.191 e. The van der Waals surface area contributed by atoms with Crippen molar-refractivity contribution in [3.63, 3.8) is 0 Å². The second-order valence-corrected chi connectivity index (χ2v) is 6.83. The molecule has 1 aromatic carbocycles. The summed E-state index contributed by atoms with van der Waals surface area (Å²) in [5, 5.41) is 15.3. The predicted octanol–water partition coefficient (Wildman–Crippen LogP) is 2.11. The lowest BCUT2D eigenvalue weighted by molar-refractivity contribution is 0.683. The van der Waals surface area contributed by atoms with Crippen molar-refractivity contribution in [2.45, 2.75) is 46.7 Å². The minimum Gasteiger partial charge on any atom is -0.370 e. The highest BCUT2D eigenvalue weighted by Gasteiger charge is 2.16. The van der Waals surface area contributed by atoms with Gasteiger partial charge in [-0.1, -0.05) is 12.1 Å². The first-order chi connectivity index (χ1) is 13.2. The van der Waals surface area contributed by atoms with Gasteiger partial charge in [0, 0.05) is 44.8 Å². The molecule has 2 N–H and O–H groups in total. The van der Waals surface area contributed by atoms with E-state index in [1.54, 1.807) is 0 Å². The largest absolute Gasteiger partial charge is 0.370 e. The van der Waals surface area contributed by atoms with Gasteiger partial charge in [-0.25, -0.2) is 4.99 Å². The summed E-state index contributed by atoms with van der Waals surface area (Å²) in [4.78, 5) is 7.07. The second-order valence-electron chi connectivity index (χ2n) is 6.83. The Labute approximate surface area is 161 Å². The molecule has 0 atom stereocenters. The number of hydrogen-bond donors (Lipinski definition) is 2. The molecule has 0 bridgehead atoms. The van der Waals surface area contributed by atoms with Crippen LogP contribution in [0.15, 0.2) is 29.3 Å². The van der Waals surface area contributed by atoms with Crippen molar-refractivity contribution < 1.29 is 0 Å². The Morgan fingerprint density at radius 3 is 2.93 bits per heavy atom. The normalized spacial score (nSPS) is 13.5. The number of guanidine groups is 1. The summed E-state index contributed by atoms with van der Waals surface area (Å²) >= 11 is 0. The maximum absolute atomic E-state index is 4.70. The van der Waals surface area contributed by atoms with Crippen molar-refractivity contribution in [3.05, 3.63) is 41.5 Å². The van der Waals surface area contributed by atoms with E-state index < -0.39 is 0 Å². The molecular formula is C20H31N7. The standard InChI is InChI=1S/C20H31N7/c1-4-21-20(23-15-19-25-24-18-10-7-12-27(18)19)22-11-13-26(5-2)17-9-6-8-16(3)14-17/h6,8-9,14H,4-5,7,10-13,15H2,1-3H3,(H2,21,22,23). The van der Waals surface area contributed by atoms with E-state index in [-0.39, 0.29) is 0 Å². The zero-order valence-corrected chi connectivity index (χ0v) is 16.7. The molecule has 1 aliphatic heterocycles. The summed E-state index contributed by atoms with van der Waals surface area (Å²) in [6.07, 6.45) is 2.19. The van der Waals surface area contributed by atoms with Crippen LogP contribution in [0.2, 0.25) is 0 Å². The summed E-state index contributed by atoms with van der Waals surface area (Å²) in [7, 11) is 0. The molecule has 0 saturated carbocycles. The van der Waals surface area contributed by atoms with E-state index in [0.29, 0.717) is 6.54 Å². The number of rotatable bonds is 8. The molecule has 1 aromatic heterocycles. The SMILES string of the molecule is CCNC(=NCc1nnc2n1CCC2)NCCN(CC)c1cccc(C)c1. The summed E-state index contributed by atoms with van der Waals surface area (Å²) < 4.78 is 2.20. The van der Waals surface area contributed by atoms with Crippen LogP contribution in [0.3, 0.4) is 0 Å². The molecule has 146 valence electrons. The topological polar surface area (TPSA) is 70.4 Å². The lowest BCUT2D eigenvalue weighted by atomic mass is 10.2. The molecule has 3 rings (SSSR count). The summed E-state index contributed by atoms with van der Waals surface area (Å²) in [6.45, 7) is 11.5. The first-order valence-corrected chi connectivity index (χ1v) is 9.96. The van der Waals surface area contributed by atoms with Gasteiger partial charge >= 0.3 is 0 Å². The number of nitrogens with one attached hydrogen (secondary N) is 2. The molecule has 0 amide bonds. The van der Waals surface area contributed by atoms with E-state index in [0.717, 1.165) is 63.2 Å². The van der Waals surface area contributed by atoms with Crippen LogP contribution in [0.1, 0.15) is 37.5 Å². The van der Waals surface area contributed by atoms with E-state index in [2.05, 4.69) is 75.3 Å². The van der Waals surface area contributed by atoms with E-state index in [9.17, 15) is 0 Å². The minimum atomic E-state index is 0.553. The molecule has 7 nitrogen and oxygen atoms in total. The highest BCUT2D eigenvalue weighted by Crippen LogP contribution is 2.15. The molecule has 1 aliphatic rings. The Balaban J connectivity index is 1.55. The van der Waals surface area contributed by atoms with Gasteiger partial charge in [0.25, 0.3) is 0 Å². The Morgan fingerprint density at radius 2 is 2.15 bits per heavy atom. The van der Waals surface area contributed by atoms with E-state index in [1.165, 1.54) is 11.3 Å². The monoisotopic (exact) mass is 369 g/mol. The van der Waals surface area contributed by atoms with Crippen LogP contribution in [0.5, 0.6) is 0 Å². The fraction of sp³-hybridized carbons (Fsp3) is 0.550. The minimum absolute atomic E-state index is 0.553. The van der Waals surface area contributed by atoms with Crippen molar-refractivity contribution in [3.8, 4) is 0 Å². The van der Waals surface area contributed by atoms with Crippen LogP contribution in [0.4, 0.5) is 5.69 Å². The van der Waals surface area contributed by atoms with E-state index >= 15 is 0 Å². The molecule has 0 aliphatic carbocycles. The highest BCUT2D eigenvalue weighted by atomic mass is 15.3.